The Bertz CT molecular complexity index is 554. The van der Waals surface area contributed by atoms with Gasteiger partial charge in [0.05, 0.1) is 5.38 Å². The summed E-state index contributed by atoms with van der Waals surface area (Å²) >= 11 is 9.88. The standard InChI is InChI=1S/C15H13BrClF/c1-10-6-7-13(16)12(8-10)14(17)9-11-4-2-3-5-15(11)18/h2-8,14H,9H2,1H3. The summed E-state index contributed by atoms with van der Waals surface area (Å²) in [4.78, 5) is 0. The van der Waals surface area contributed by atoms with E-state index >= 15 is 0 Å². The largest absolute Gasteiger partial charge is 0.207 e. The number of aryl methyl sites for hydroxylation is 1. The fourth-order valence-electron chi connectivity index (χ4n) is 1.87. The second-order valence-corrected chi connectivity index (χ2v) is 5.67. The van der Waals surface area contributed by atoms with E-state index in [9.17, 15) is 4.39 Å². The Hall–Kier alpha value is -0.860. The summed E-state index contributed by atoms with van der Waals surface area (Å²) in [6, 6.07) is 12.8. The Kier molecular flexibility index (Phi) is 4.41. The molecule has 0 N–H and O–H groups in total. The van der Waals surface area contributed by atoms with E-state index in [0.29, 0.717) is 12.0 Å². The van der Waals surface area contributed by atoms with Crippen molar-refractivity contribution in [2.45, 2.75) is 18.7 Å². The summed E-state index contributed by atoms with van der Waals surface area (Å²) < 4.78 is 14.5. The summed E-state index contributed by atoms with van der Waals surface area (Å²) in [5.74, 6) is -0.202. The molecule has 1 unspecified atom stereocenters. The smallest absolute Gasteiger partial charge is 0.126 e. The number of rotatable bonds is 3. The zero-order chi connectivity index (χ0) is 13.1. The van der Waals surface area contributed by atoms with Gasteiger partial charge in [0, 0.05) is 4.47 Å². The molecule has 18 heavy (non-hydrogen) atoms. The van der Waals surface area contributed by atoms with Crippen molar-refractivity contribution in [3.8, 4) is 0 Å². The fraction of sp³-hybridized carbons (Fsp3) is 0.200. The molecule has 3 heteroatoms. The first-order valence-electron chi connectivity index (χ1n) is 5.71. The monoisotopic (exact) mass is 326 g/mol. The van der Waals surface area contributed by atoms with Gasteiger partial charge in [0.2, 0.25) is 0 Å². The zero-order valence-electron chi connectivity index (χ0n) is 9.96. The molecule has 0 radical (unpaired) electrons. The van der Waals surface area contributed by atoms with Gasteiger partial charge in [-0.05, 0) is 36.6 Å². The van der Waals surface area contributed by atoms with Crippen LogP contribution in [-0.2, 0) is 6.42 Å². The zero-order valence-corrected chi connectivity index (χ0v) is 12.3. The normalized spacial score (nSPS) is 12.4. The lowest BCUT2D eigenvalue weighted by molar-refractivity contribution is 0.607. The van der Waals surface area contributed by atoms with E-state index in [2.05, 4.69) is 15.9 Å². The summed E-state index contributed by atoms with van der Waals surface area (Å²) in [6.45, 7) is 2.02. The molecule has 0 aliphatic heterocycles. The van der Waals surface area contributed by atoms with Crippen molar-refractivity contribution in [1.82, 2.24) is 0 Å². The Balaban J connectivity index is 2.25. The van der Waals surface area contributed by atoms with Crippen LogP contribution in [0.4, 0.5) is 4.39 Å². The number of hydrogen-bond donors (Lipinski definition) is 0. The second-order valence-electron chi connectivity index (χ2n) is 4.29. The van der Waals surface area contributed by atoms with Crippen molar-refractivity contribution >= 4 is 27.5 Å². The lowest BCUT2D eigenvalue weighted by atomic mass is 10.0. The molecule has 0 fully saturated rings. The summed E-state index contributed by atoms with van der Waals surface area (Å²) in [5.41, 5.74) is 2.79. The highest BCUT2D eigenvalue weighted by Crippen LogP contribution is 2.32. The van der Waals surface area contributed by atoms with Crippen LogP contribution in [0.15, 0.2) is 46.9 Å². The van der Waals surface area contributed by atoms with Gasteiger partial charge in [-0.15, -0.1) is 11.6 Å². The lowest BCUT2D eigenvalue weighted by Gasteiger charge is -2.13. The molecular formula is C15H13BrClF. The molecule has 0 amide bonds. The summed E-state index contributed by atoms with van der Waals surface area (Å²) in [5, 5.41) is -0.240. The van der Waals surface area contributed by atoms with Gasteiger partial charge < -0.3 is 0 Å². The van der Waals surface area contributed by atoms with Gasteiger partial charge in [-0.1, -0.05) is 51.8 Å². The molecule has 1 atom stereocenters. The molecule has 0 nitrogen and oxygen atoms in total. The molecule has 0 aliphatic rings. The fourth-order valence-corrected chi connectivity index (χ4v) is 2.87. The van der Waals surface area contributed by atoms with Crippen molar-refractivity contribution in [1.29, 1.82) is 0 Å². The highest BCUT2D eigenvalue weighted by atomic mass is 79.9. The van der Waals surface area contributed by atoms with Crippen LogP contribution in [0.25, 0.3) is 0 Å². The van der Waals surface area contributed by atoms with Gasteiger partial charge in [0.25, 0.3) is 0 Å². The number of halogens is 3. The van der Waals surface area contributed by atoms with Crippen LogP contribution in [0.5, 0.6) is 0 Å². The molecule has 2 rings (SSSR count). The van der Waals surface area contributed by atoms with Crippen molar-refractivity contribution in [3.05, 3.63) is 69.4 Å². The third kappa shape index (κ3) is 3.12. The maximum absolute atomic E-state index is 13.6. The Labute approximate surface area is 120 Å². The third-order valence-corrected chi connectivity index (χ3v) is 3.96. The minimum absolute atomic E-state index is 0.202. The van der Waals surface area contributed by atoms with Crippen LogP contribution < -0.4 is 0 Å². The second kappa shape index (κ2) is 5.85. The van der Waals surface area contributed by atoms with Crippen LogP contribution in [0, 0.1) is 12.7 Å². The first-order chi connectivity index (χ1) is 8.58. The molecule has 2 aromatic rings. The van der Waals surface area contributed by atoms with Gasteiger partial charge in [0.1, 0.15) is 5.82 Å². The minimum atomic E-state index is -0.240. The SMILES string of the molecule is Cc1ccc(Br)c(C(Cl)Cc2ccccc2F)c1. The molecular weight excluding hydrogens is 315 g/mol. The van der Waals surface area contributed by atoms with Crippen LogP contribution in [-0.4, -0.2) is 0 Å². The lowest BCUT2D eigenvalue weighted by Crippen LogP contribution is -1.99. The van der Waals surface area contributed by atoms with Gasteiger partial charge >= 0.3 is 0 Å². The topological polar surface area (TPSA) is 0 Å². The predicted octanol–water partition coefficient (Wildman–Crippen LogP) is 5.42. The van der Waals surface area contributed by atoms with Gasteiger partial charge in [-0.25, -0.2) is 4.39 Å². The molecule has 94 valence electrons. The Morgan fingerprint density at radius 3 is 2.67 bits per heavy atom. The van der Waals surface area contributed by atoms with Crippen LogP contribution in [0.2, 0.25) is 0 Å². The molecule has 0 aliphatic carbocycles. The average molecular weight is 328 g/mol. The van der Waals surface area contributed by atoms with E-state index in [1.165, 1.54) is 6.07 Å². The predicted molar refractivity (Wildman–Crippen MR) is 77.6 cm³/mol. The number of benzene rings is 2. The highest BCUT2D eigenvalue weighted by molar-refractivity contribution is 9.10. The summed E-state index contributed by atoms with van der Waals surface area (Å²) in [7, 11) is 0. The van der Waals surface area contributed by atoms with Gasteiger partial charge in [-0.3, -0.25) is 0 Å². The molecule has 0 saturated heterocycles. The molecule has 2 aromatic carbocycles. The van der Waals surface area contributed by atoms with E-state index in [-0.39, 0.29) is 11.2 Å². The van der Waals surface area contributed by atoms with Crippen molar-refractivity contribution in [3.63, 3.8) is 0 Å². The average Bonchev–Trinajstić information content (AvgIpc) is 2.35. The molecule has 0 saturated carbocycles. The van der Waals surface area contributed by atoms with E-state index in [4.69, 9.17) is 11.6 Å². The van der Waals surface area contributed by atoms with E-state index in [0.717, 1.165) is 15.6 Å². The number of hydrogen-bond acceptors (Lipinski definition) is 0. The number of alkyl halides is 1. The maximum atomic E-state index is 13.6. The van der Waals surface area contributed by atoms with Crippen molar-refractivity contribution in [2.75, 3.05) is 0 Å². The van der Waals surface area contributed by atoms with Crippen LogP contribution >= 0.6 is 27.5 Å². The van der Waals surface area contributed by atoms with Gasteiger partial charge in [0.15, 0.2) is 0 Å². The molecule has 0 aromatic heterocycles. The Morgan fingerprint density at radius 2 is 1.94 bits per heavy atom. The highest BCUT2D eigenvalue weighted by Gasteiger charge is 2.14. The Morgan fingerprint density at radius 1 is 1.22 bits per heavy atom. The molecule has 0 bridgehead atoms. The van der Waals surface area contributed by atoms with E-state index in [1.807, 2.05) is 31.2 Å². The third-order valence-electron chi connectivity index (χ3n) is 2.85. The first kappa shape index (κ1) is 13.6. The van der Waals surface area contributed by atoms with Gasteiger partial charge in [-0.2, -0.15) is 0 Å². The maximum Gasteiger partial charge on any atom is 0.126 e. The van der Waals surface area contributed by atoms with E-state index < -0.39 is 0 Å². The van der Waals surface area contributed by atoms with Crippen LogP contribution in [0.1, 0.15) is 22.1 Å². The molecule has 0 spiro atoms. The van der Waals surface area contributed by atoms with Crippen molar-refractivity contribution < 1.29 is 4.39 Å². The quantitative estimate of drug-likeness (QED) is 0.660. The molecule has 0 heterocycles. The first-order valence-corrected chi connectivity index (χ1v) is 6.94. The summed E-state index contributed by atoms with van der Waals surface area (Å²) in [6.07, 6.45) is 0.482. The van der Waals surface area contributed by atoms with Crippen LogP contribution in [0.3, 0.4) is 0 Å². The van der Waals surface area contributed by atoms with E-state index in [1.54, 1.807) is 12.1 Å². The van der Waals surface area contributed by atoms with Crippen molar-refractivity contribution in [2.24, 2.45) is 0 Å². The minimum Gasteiger partial charge on any atom is -0.207 e.